The first-order valence-electron chi connectivity index (χ1n) is 16.5. The van der Waals surface area contributed by atoms with Crippen molar-refractivity contribution in [2.24, 2.45) is 0 Å². The molecule has 0 aromatic heterocycles. The van der Waals surface area contributed by atoms with Gasteiger partial charge in [-0.25, -0.2) is 0 Å². The van der Waals surface area contributed by atoms with E-state index in [-0.39, 0.29) is 30.5 Å². The summed E-state index contributed by atoms with van der Waals surface area (Å²) in [6.45, 7) is 1.29. The summed E-state index contributed by atoms with van der Waals surface area (Å²) in [5.74, 6) is 0.00266. The Hall–Kier alpha value is -4.83. The smallest absolute Gasteiger partial charge is 0.251 e. The number of likely N-dealkylation sites (N-methyl/N-ethyl adjacent to an activating group) is 1. The van der Waals surface area contributed by atoms with Gasteiger partial charge in [0.2, 0.25) is 0 Å². The van der Waals surface area contributed by atoms with Gasteiger partial charge in [-0.2, -0.15) is 0 Å². The summed E-state index contributed by atoms with van der Waals surface area (Å²) in [6.07, 6.45) is -1.26. The lowest BCUT2D eigenvalue weighted by atomic mass is 9.98. The molecule has 0 radical (unpaired) electrons. The van der Waals surface area contributed by atoms with Gasteiger partial charge < -0.3 is 35.0 Å². The van der Waals surface area contributed by atoms with Gasteiger partial charge in [0.05, 0.1) is 24.9 Å². The summed E-state index contributed by atoms with van der Waals surface area (Å²) in [5, 5.41) is 33.3. The lowest BCUT2D eigenvalue weighted by Gasteiger charge is -2.38. The number of amides is 1. The van der Waals surface area contributed by atoms with E-state index in [9.17, 15) is 20.1 Å². The molecule has 8 nitrogen and oxygen atoms in total. The fraction of sp³-hybridized carbons (Fsp3) is 0.244. The van der Waals surface area contributed by atoms with Crippen molar-refractivity contribution in [2.75, 3.05) is 20.1 Å². The highest BCUT2D eigenvalue weighted by molar-refractivity contribution is 5.94. The minimum absolute atomic E-state index is 0.0279. The first-order valence-corrected chi connectivity index (χ1v) is 16.5. The summed E-state index contributed by atoms with van der Waals surface area (Å²) >= 11 is 0. The topological polar surface area (TPSA) is 111 Å². The minimum atomic E-state index is -0.770. The molecule has 6 rings (SSSR count). The predicted molar refractivity (Wildman–Crippen MR) is 188 cm³/mol. The molecule has 0 spiro atoms. The van der Waals surface area contributed by atoms with Gasteiger partial charge in [0.15, 0.2) is 6.29 Å². The molecular weight excluding hydrogens is 616 g/mol. The van der Waals surface area contributed by atoms with Crippen LogP contribution >= 0.6 is 0 Å². The third-order valence-corrected chi connectivity index (χ3v) is 8.78. The molecule has 0 aliphatic carbocycles. The number of hydrogen-bond donors (Lipinski definition) is 4. The third kappa shape index (κ3) is 9.00. The molecule has 8 heteroatoms. The lowest BCUT2D eigenvalue weighted by Crippen LogP contribution is -2.39. The molecule has 1 aliphatic heterocycles. The number of phenols is 1. The zero-order chi connectivity index (χ0) is 34.2. The van der Waals surface area contributed by atoms with Crippen LogP contribution in [0.15, 0.2) is 127 Å². The molecule has 49 heavy (non-hydrogen) atoms. The monoisotopic (exact) mass is 658 g/mol. The fourth-order valence-electron chi connectivity index (χ4n) is 6.19. The molecular formula is C41H42N2O6. The maximum absolute atomic E-state index is 12.6. The Labute approximate surface area is 287 Å². The van der Waals surface area contributed by atoms with E-state index in [4.69, 9.17) is 9.47 Å². The molecule has 5 aromatic rings. The fourth-order valence-corrected chi connectivity index (χ4v) is 6.19. The van der Waals surface area contributed by atoms with E-state index in [1.54, 1.807) is 36.4 Å². The Balaban J connectivity index is 1.18. The van der Waals surface area contributed by atoms with Crippen molar-refractivity contribution in [1.82, 2.24) is 10.2 Å². The highest BCUT2D eigenvalue weighted by Gasteiger charge is 2.33. The van der Waals surface area contributed by atoms with Crippen molar-refractivity contribution in [2.45, 2.75) is 44.2 Å². The van der Waals surface area contributed by atoms with Crippen LogP contribution in [0.5, 0.6) is 5.75 Å². The second-order valence-electron chi connectivity index (χ2n) is 12.6. The molecule has 1 saturated heterocycles. The Morgan fingerprint density at radius 1 is 0.816 bits per heavy atom. The molecule has 1 fully saturated rings. The van der Waals surface area contributed by atoms with Crippen LogP contribution in [-0.4, -0.2) is 52.4 Å². The maximum Gasteiger partial charge on any atom is 0.251 e. The van der Waals surface area contributed by atoms with Crippen molar-refractivity contribution in [3.63, 3.8) is 0 Å². The van der Waals surface area contributed by atoms with Gasteiger partial charge in [0.25, 0.3) is 5.91 Å². The van der Waals surface area contributed by atoms with Crippen LogP contribution in [0.25, 0.3) is 11.1 Å². The number of carbonyl (C=O) groups is 1. The van der Waals surface area contributed by atoms with Crippen LogP contribution in [0, 0.1) is 0 Å². The summed E-state index contributed by atoms with van der Waals surface area (Å²) in [6, 6.07) is 39.9. The van der Waals surface area contributed by atoms with E-state index in [1.165, 1.54) is 0 Å². The molecule has 1 heterocycles. The number of phenolic OH excluding ortho intramolecular Hbond substituents is 1. The minimum Gasteiger partial charge on any atom is -0.508 e. The molecule has 4 atom stereocenters. The number of carbonyl (C=O) groups excluding carboxylic acids is 1. The van der Waals surface area contributed by atoms with Gasteiger partial charge in [0, 0.05) is 37.2 Å². The molecule has 4 N–H and O–H groups in total. The van der Waals surface area contributed by atoms with E-state index in [0.29, 0.717) is 37.2 Å². The van der Waals surface area contributed by atoms with Crippen LogP contribution in [-0.2, 0) is 22.6 Å². The highest BCUT2D eigenvalue weighted by Crippen LogP contribution is 2.39. The summed E-state index contributed by atoms with van der Waals surface area (Å²) in [4.78, 5) is 14.6. The Kier molecular flexibility index (Phi) is 11.1. The van der Waals surface area contributed by atoms with E-state index < -0.39 is 12.4 Å². The van der Waals surface area contributed by atoms with Crippen molar-refractivity contribution in [3.8, 4) is 16.9 Å². The van der Waals surface area contributed by atoms with Crippen LogP contribution in [0.3, 0.4) is 0 Å². The number of ether oxygens (including phenoxy) is 2. The largest absolute Gasteiger partial charge is 0.508 e. The number of aliphatic hydroxyl groups is 2. The van der Waals surface area contributed by atoms with Crippen molar-refractivity contribution >= 4 is 5.91 Å². The Morgan fingerprint density at radius 3 is 2.31 bits per heavy atom. The molecule has 5 aromatic carbocycles. The number of aromatic hydroxyl groups is 1. The summed E-state index contributed by atoms with van der Waals surface area (Å²) in [5.41, 5.74) is 6.98. The number of hydrogen-bond acceptors (Lipinski definition) is 7. The van der Waals surface area contributed by atoms with Crippen LogP contribution in [0.4, 0.5) is 0 Å². The molecule has 1 aliphatic rings. The van der Waals surface area contributed by atoms with E-state index >= 15 is 0 Å². The first kappa shape index (κ1) is 34.0. The quantitative estimate of drug-likeness (QED) is 0.118. The van der Waals surface area contributed by atoms with Crippen LogP contribution in [0.1, 0.15) is 63.1 Å². The van der Waals surface area contributed by atoms with Gasteiger partial charge >= 0.3 is 0 Å². The van der Waals surface area contributed by atoms with E-state index in [1.807, 2.05) is 90.8 Å². The maximum atomic E-state index is 12.6. The highest BCUT2D eigenvalue weighted by atomic mass is 16.7. The van der Waals surface area contributed by atoms with Gasteiger partial charge in [-0.15, -0.1) is 0 Å². The van der Waals surface area contributed by atoms with Crippen LogP contribution in [0.2, 0.25) is 0 Å². The van der Waals surface area contributed by atoms with Gasteiger partial charge in [0.1, 0.15) is 5.75 Å². The van der Waals surface area contributed by atoms with Gasteiger partial charge in [-0.05, 0) is 76.8 Å². The molecule has 1 amide bonds. The van der Waals surface area contributed by atoms with Gasteiger partial charge in [-0.1, -0.05) is 91.0 Å². The van der Waals surface area contributed by atoms with Crippen molar-refractivity contribution in [1.29, 1.82) is 0 Å². The zero-order valence-electron chi connectivity index (χ0n) is 27.5. The van der Waals surface area contributed by atoms with Crippen LogP contribution < -0.4 is 5.32 Å². The second kappa shape index (κ2) is 16.0. The summed E-state index contributed by atoms with van der Waals surface area (Å²) in [7, 11) is 1.95. The lowest BCUT2D eigenvalue weighted by molar-refractivity contribution is -0.252. The van der Waals surface area contributed by atoms with Crippen molar-refractivity contribution in [3.05, 3.63) is 161 Å². The molecule has 4 unspecified atom stereocenters. The molecule has 252 valence electrons. The third-order valence-electron chi connectivity index (χ3n) is 8.78. The Morgan fingerprint density at radius 2 is 1.55 bits per heavy atom. The SMILES string of the molecule is CN(CC1CC(c2ccc(CO)cc2)OC(c2cccc(-c3cccc(CNC(=O)c4ccccc4)c3)c2)O1)CC(O)c1cccc(O)c1. The number of aliphatic hydroxyl groups excluding tert-OH is 2. The number of nitrogens with one attached hydrogen (secondary N) is 1. The number of rotatable bonds is 12. The number of benzene rings is 5. The Bertz CT molecular complexity index is 1830. The predicted octanol–water partition coefficient (Wildman–Crippen LogP) is 6.69. The zero-order valence-corrected chi connectivity index (χ0v) is 27.5. The standard InChI is InChI=1S/C41H42N2O6/c1-43(26-38(46)34-13-7-15-36(45)22-34)25-37-23-39(30-18-16-28(27-44)17-19-30)49-41(48-37)35-14-6-12-33(21-35)32-11-5-8-29(20-32)24-42-40(47)31-9-3-2-4-10-31/h2-22,37-39,41,44-46H,23-27H2,1H3,(H,42,47). The first-order chi connectivity index (χ1) is 23.8. The average molecular weight is 659 g/mol. The number of nitrogens with zero attached hydrogens (tertiary/aromatic N) is 1. The van der Waals surface area contributed by atoms with E-state index in [0.717, 1.165) is 33.4 Å². The van der Waals surface area contributed by atoms with Crippen molar-refractivity contribution < 1.29 is 29.6 Å². The second-order valence-corrected chi connectivity index (χ2v) is 12.6. The normalized spacial score (nSPS) is 18.2. The van der Waals surface area contributed by atoms with E-state index in [2.05, 4.69) is 17.4 Å². The molecule has 0 bridgehead atoms. The van der Waals surface area contributed by atoms with Gasteiger partial charge in [-0.3, -0.25) is 4.79 Å². The molecule has 0 saturated carbocycles. The average Bonchev–Trinajstić information content (AvgIpc) is 3.14. The summed E-state index contributed by atoms with van der Waals surface area (Å²) < 4.78 is 13.2.